The lowest BCUT2D eigenvalue weighted by Crippen LogP contribution is -2.37. The highest BCUT2D eigenvalue weighted by atomic mass is 16.5. The number of carbonyl (C=O) groups is 3. The number of hydrogen-bond acceptors (Lipinski definition) is 5. The van der Waals surface area contributed by atoms with Crippen LogP contribution in [0, 0.1) is 0 Å². The van der Waals surface area contributed by atoms with Crippen molar-refractivity contribution in [3.63, 3.8) is 0 Å². The molecule has 0 aliphatic rings. The third-order valence-corrected chi connectivity index (χ3v) is 5.12. The van der Waals surface area contributed by atoms with Crippen molar-refractivity contribution in [2.45, 2.75) is 26.4 Å². The van der Waals surface area contributed by atoms with Crippen LogP contribution in [-0.4, -0.2) is 30.9 Å². The van der Waals surface area contributed by atoms with E-state index in [1.807, 2.05) is 48.5 Å². The molecule has 36 heavy (non-hydrogen) atoms. The number of unbranched alkanes of at least 4 members (excludes halogenated alkanes) is 1. The van der Waals surface area contributed by atoms with Crippen LogP contribution >= 0.6 is 0 Å². The Kier molecular flexibility index (Phi) is 10.3. The second-order valence-corrected chi connectivity index (χ2v) is 7.98. The predicted octanol–water partition coefficient (Wildman–Crippen LogP) is 4.50. The number of hydrogen-bond donors (Lipinski definition) is 2. The van der Waals surface area contributed by atoms with Gasteiger partial charge in [-0.3, -0.25) is 14.4 Å². The Morgan fingerprint density at radius 1 is 0.861 bits per heavy atom. The van der Waals surface area contributed by atoms with Crippen LogP contribution in [0.5, 0.6) is 5.75 Å². The molecule has 0 spiro atoms. The normalized spacial score (nSPS) is 10.9. The van der Waals surface area contributed by atoms with E-state index in [2.05, 4.69) is 17.6 Å². The second kappa shape index (κ2) is 14.1. The van der Waals surface area contributed by atoms with Crippen molar-refractivity contribution in [1.29, 1.82) is 0 Å². The fourth-order valence-corrected chi connectivity index (χ4v) is 3.14. The summed E-state index contributed by atoms with van der Waals surface area (Å²) in [6, 6.07) is 25.0. The smallest absolute Gasteiger partial charge is 0.325 e. The number of rotatable bonds is 12. The molecule has 2 N–H and O–H groups in total. The maximum atomic E-state index is 12.9. The Bertz CT molecular complexity index is 1160. The molecule has 0 saturated heterocycles. The van der Waals surface area contributed by atoms with E-state index in [1.165, 1.54) is 0 Å². The third-order valence-electron chi connectivity index (χ3n) is 5.12. The zero-order valence-corrected chi connectivity index (χ0v) is 20.2. The monoisotopic (exact) mass is 486 g/mol. The third kappa shape index (κ3) is 8.76. The number of nitrogens with one attached hydrogen (secondary N) is 2. The Morgan fingerprint density at radius 3 is 2.19 bits per heavy atom. The summed E-state index contributed by atoms with van der Waals surface area (Å²) in [6.07, 6.45) is 3.53. The highest BCUT2D eigenvalue weighted by Crippen LogP contribution is 2.14. The maximum absolute atomic E-state index is 12.9. The van der Waals surface area contributed by atoms with Gasteiger partial charge in [0.2, 0.25) is 0 Å². The molecule has 0 bridgehead atoms. The summed E-state index contributed by atoms with van der Waals surface area (Å²) in [4.78, 5) is 37.8. The summed E-state index contributed by atoms with van der Waals surface area (Å²) < 4.78 is 10.8. The molecule has 0 heterocycles. The number of carbonyl (C=O) groups excluding carboxylic acids is 3. The Hall–Kier alpha value is -4.39. The van der Waals surface area contributed by atoms with Gasteiger partial charge in [-0.2, -0.15) is 0 Å². The summed E-state index contributed by atoms with van der Waals surface area (Å²) in [5, 5.41) is 5.17. The molecule has 0 atom stereocenters. The molecule has 3 aromatic rings. The molecule has 186 valence electrons. The van der Waals surface area contributed by atoms with Crippen LogP contribution in [0.2, 0.25) is 0 Å². The molecule has 7 nitrogen and oxygen atoms in total. The number of ether oxygens (including phenoxy) is 2. The van der Waals surface area contributed by atoms with E-state index in [4.69, 9.17) is 9.47 Å². The summed E-state index contributed by atoms with van der Waals surface area (Å²) in [6.45, 7) is 2.47. The van der Waals surface area contributed by atoms with Crippen molar-refractivity contribution >= 4 is 23.9 Å². The van der Waals surface area contributed by atoms with Crippen LogP contribution in [0.15, 0.2) is 90.6 Å². The second-order valence-electron chi connectivity index (χ2n) is 7.98. The lowest BCUT2D eigenvalue weighted by Gasteiger charge is -2.12. The molecule has 0 aliphatic carbocycles. The summed E-state index contributed by atoms with van der Waals surface area (Å²) in [5.74, 6) is -0.981. The van der Waals surface area contributed by atoms with E-state index in [9.17, 15) is 14.4 Å². The van der Waals surface area contributed by atoms with Crippen molar-refractivity contribution in [2.75, 3.05) is 13.2 Å². The lowest BCUT2D eigenvalue weighted by atomic mass is 10.1. The molecule has 3 aromatic carbocycles. The minimum Gasteiger partial charge on any atom is -0.494 e. The van der Waals surface area contributed by atoms with E-state index in [1.54, 1.807) is 42.5 Å². The first kappa shape index (κ1) is 26.2. The van der Waals surface area contributed by atoms with Crippen molar-refractivity contribution in [1.82, 2.24) is 10.6 Å². The van der Waals surface area contributed by atoms with Crippen molar-refractivity contribution in [3.05, 3.63) is 107 Å². The highest BCUT2D eigenvalue weighted by Gasteiger charge is 2.16. The van der Waals surface area contributed by atoms with Crippen LogP contribution in [-0.2, 0) is 20.9 Å². The minimum atomic E-state index is -0.608. The number of amides is 2. The van der Waals surface area contributed by atoms with E-state index in [-0.39, 0.29) is 18.8 Å². The lowest BCUT2D eigenvalue weighted by molar-refractivity contribution is -0.144. The van der Waals surface area contributed by atoms with Gasteiger partial charge in [0.05, 0.1) is 6.61 Å². The Labute approximate surface area is 211 Å². The summed E-state index contributed by atoms with van der Waals surface area (Å²) >= 11 is 0. The van der Waals surface area contributed by atoms with Crippen LogP contribution in [0.4, 0.5) is 0 Å². The fraction of sp³-hybridized carbons (Fsp3) is 0.207. The molecule has 0 saturated carbocycles. The zero-order valence-electron chi connectivity index (χ0n) is 20.2. The van der Waals surface area contributed by atoms with Gasteiger partial charge in [-0.15, -0.1) is 0 Å². The van der Waals surface area contributed by atoms with Crippen molar-refractivity contribution in [2.24, 2.45) is 0 Å². The predicted molar refractivity (Wildman–Crippen MR) is 138 cm³/mol. The van der Waals surface area contributed by atoms with Crippen LogP contribution < -0.4 is 15.4 Å². The molecule has 0 aliphatic heterocycles. The molecular formula is C29H30N2O5. The summed E-state index contributed by atoms with van der Waals surface area (Å²) in [5.41, 5.74) is 1.93. The molecule has 2 amide bonds. The molecule has 0 fully saturated rings. The quantitative estimate of drug-likeness (QED) is 0.223. The largest absolute Gasteiger partial charge is 0.494 e. The molecule has 7 heteroatoms. The van der Waals surface area contributed by atoms with Gasteiger partial charge < -0.3 is 20.1 Å². The highest BCUT2D eigenvalue weighted by molar-refractivity contribution is 6.05. The average molecular weight is 487 g/mol. The minimum absolute atomic E-state index is 0.00494. The van der Waals surface area contributed by atoms with E-state index < -0.39 is 17.8 Å². The van der Waals surface area contributed by atoms with Crippen LogP contribution in [0.1, 0.15) is 41.3 Å². The van der Waals surface area contributed by atoms with Gasteiger partial charge in [-0.25, -0.2) is 0 Å². The van der Waals surface area contributed by atoms with E-state index >= 15 is 0 Å². The van der Waals surface area contributed by atoms with E-state index in [0.29, 0.717) is 23.5 Å². The molecule has 0 unspecified atom stereocenters. The van der Waals surface area contributed by atoms with Crippen LogP contribution in [0.3, 0.4) is 0 Å². The Balaban J connectivity index is 1.62. The van der Waals surface area contributed by atoms with Gasteiger partial charge in [0, 0.05) is 5.56 Å². The molecule has 3 rings (SSSR count). The molecule has 0 radical (unpaired) electrons. The zero-order chi connectivity index (χ0) is 25.6. The standard InChI is InChI=1S/C29H30N2O5/c1-2-3-18-35-25-16-14-24(15-17-25)28(33)31-26(19-22-10-6-4-7-11-22)29(34)30-20-27(32)36-21-23-12-8-5-9-13-23/h4-17,19H,2-3,18,20-21H2,1H3,(H,30,34)(H,31,33). The van der Waals surface area contributed by atoms with Gasteiger partial charge in [-0.1, -0.05) is 74.0 Å². The van der Waals surface area contributed by atoms with Crippen molar-refractivity contribution < 1.29 is 23.9 Å². The topological polar surface area (TPSA) is 93.7 Å². The first-order valence-electron chi connectivity index (χ1n) is 11.8. The maximum Gasteiger partial charge on any atom is 0.325 e. The van der Waals surface area contributed by atoms with Gasteiger partial charge in [0.15, 0.2) is 0 Å². The van der Waals surface area contributed by atoms with Gasteiger partial charge in [0.1, 0.15) is 24.6 Å². The van der Waals surface area contributed by atoms with Gasteiger partial charge in [0.25, 0.3) is 11.8 Å². The van der Waals surface area contributed by atoms with E-state index in [0.717, 1.165) is 18.4 Å². The first-order chi connectivity index (χ1) is 17.5. The summed E-state index contributed by atoms with van der Waals surface area (Å²) in [7, 11) is 0. The van der Waals surface area contributed by atoms with Gasteiger partial charge >= 0.3 is 5.97 Å². The first-order valence-corrected chi connectivity index (χ1v) is 11.8. The number of benzene rings is 3. The Morgan fingerprint density at radius 2 is 1.53 bits per heavy atom. The SMILES string of the molecule is CCCCOc1ccc(C(=O)NC(=Cc2ccccc2)C(=O)NCC(=O)OCc2ccccc2)cc1. The molecule has 0 aromatic heterocycles. The average Bonchev–Trinajstić information content (AvgIpc) is 2.92. The fourth-order valence-electron chi connectivity index (χ4n) is 3.14. The van der Waals surface area contributed by atoms with Crippen LogP contribution in [0.25, 0.3) is 6.08 Å². The van der Waals surface area contributed by atoms with Gasteiger partial charge in [-0.05, 0) is 47.9 Å². The van der Waals surface area contributed by atoms with Crippen molar-refractivity contribution in [3.8, 4) is 5.75 Å². The molecular weight excluding hydrogens is 456 g/mol. The number of esters is 1.